The van der Waals surface area contributed by atoms with Crippen molar-refractivity contribution in [3.8, 4) is 0 Å². The maximum Gasteiger partial charge on any atom is 0.472 e. The molecule has 1 saturated carbocycles. The zero-order valence-corrected chi connectivity index (χ0v) is 38.0. The molecule has 0 spiro atoms. The lowest BCUT2D eigenvalue weighted by Gasteiger charge is -2.41. The quantitative estimate of drug-likeness (QED) is 0.0148. The molecule has 0 aromatic carbocycles. The number of aliphatic hydroxyl groups excluding tert-OH is 5. The van der Waals surface area contributed by atoms with Crippen molar-refractivity contribution < 1.29 is 58.3 Å². The van der Waals surface area contributed by atoms with E-state index in [1.54, 1.807) is 0 Å². The molecule has 0 heterocycles. The lowest BCUT2D eigenvalue weighted by Crippen LogP contribution is -2.64. The van der Waals surface area contributed by atoms with E-state index in [0.29, 0.717) is 13.0 Å². The van der Waals surface area contributed by atoms with Crippen LogP contribution >= 0.6 is 7.82 Å². The maximum atomic E-state index is 12.8. The minimum Gasteiger partial charge on any atom is -0.457 e. The number of aliphatic hydroxyl groups is 5. The van der Waals surface area contributed by atoms with Gasteiger partial charge in [-0.15, -0.1) is 0 Å². The van der Waals surface area contributed by atoms with E-state index in [9.17, 15) is 39.8 Å². The first-order valence-electron chi connectivity index (χ1n) is 23.7. The summed E-state index contributed by atoms with van der Waals surface area (Å²) in [7, 11) is -5.01. The molecule has 1 rings (SSSR count). The van der Waals surface area contributed by atoms with Crippen molar-refractivity contribution in [3.63, 3.8) is 0 Å². The smallest absolute Gasteiger partial charge is 0.457 e. The minimum atomic E-state index is -5.01. The van der Waals surface area contributed by atoms with Crippen LogP contribution in [-0.2, 0) is 27.9 Å². The first-order chi connectivity index (χ1) is 28.5. The highest BCUT2D eigenvalue weighted by Crippen LogP contribution is 2.47. The summed E-state index contributed by atoms with van der Waals surface area (Å²) < 4.78 is 34.2. The Kier molecular flexibility index (Phi) is 35.4. The van der Waals surface area contributed by atoms with Gasteiger partial charge in [0, 0.05) is 13.0 Å². The summed E-state index contributed by atoms with van der Waals surface area (Å²) in [5.41, 5.74) is 0. The third kappa shape index (κ3) is 29.7. The van der Waals surface area contributed by atoms with E-state index < -0.39 is 63.1 Å². The molecule has 348 valence electrons. The third-order valence-electron chi connectivity index (χ3n) is 11.1. The molecule has 13 heteroatoms. The average molecular weight is 863 g/mol. The lowest BCUT2D eigenvalue weighted by molar-refractivity contribution is -0.220. The van der Waals surface area contributed by atoms with Gasteiger partial charge < -0.3 is 39.9 Å². The van der Waals surface area contributed by atoms with Crippen LogP contribution in [-0.4, -0.2) is 98.9 Å². The van der Waals surface area contributed by atoms with Crippen LogP contribution in [0.25, 0.3) is 0 Å². The van der Waals surface area contributed by atoms with Gasteiger partial charge in [0.15, 0.2) is 0 Å². The van der Waals surface area contributed by atoms with Crippen LogP contribution in [0.15, 0.2) is 24.3 Å². The van der Waals surface area contributed by atoms with Crippen LogP contribution < -0.4 is 0 Å². The maximum absolute atomic E-state index is 12.8. The molecule has 0 radical (unpaired) electrons. The highest BCUT2D eigenvalue weighted by Gasteiger charge is 2.51. The van der Waals surface area contributed by atoms with Crippen molar-refractivity contribution in [1.29, 1.82) is 0 Å². The Hall–Kier alpha value is -1.18. The van der Waals surface area contributed by atoms with Gasteiger partial charge in [-0.2, -0.15) is 0 Å². The van der Waals surface area contributed by atoms with Crippen LogP contribution in [0.5, 0.6) is 0 Å². The monoisotopic (exact) mass is 863 g/mol. The number of rotatable bonds is 40. The predicted molar refractivity (Wildman–Crippen MR) is 235 cm³/mol. The molecule has 1 aliphatic carbocycles. The van der Waals surface area contributed by atoms with E-state index >= 15 is 0 Å². The van der Waals surface area contributed by atoms with Gasteiger partial charge in [-0.25, -0.2) is 4.57 Å². The number of unbranched alkanes of at least 4 members (excludes halogenated alkanes) is 24. The van der Waals surface area contributed by atoms with Crippen molar-refractivity contribution >= 4 is 13.8 Å². The van der Waals surface area contributed by atoms with E-state index in [0.717, 1.165) is 57.8 Å². The fourth-order valence-corrected chi connectivity index (χ4v) is 8.24. The van der Waals surface area contributed by atoms with Crippen molar-refractivity contribution in [2.45, 2.75) is 243 Å². The van der Waals surface area contributed by atoms with E-state index in [2.05, 4.69) is 38.2 Å². The number of hydrogen-bond donors (Lipinski definition) is 6. The zero-order valence-electron chi connectivity index (χ0n) is 37.1. The van der Waals surface area contributed by atoms with Gasteiger partial charge in [0.1, 0.15) is 42.7 Å². The molecular formula is C46H87O12P. The summed E-state index contributed by atoms with van der Waals surface area (Å²) in [5, 5.41) is 50.2. The second kappa shape index (κ2) is 37.4. The number of hydrogen-bond acceptors (Lipinski definition) is 11. The van der Waals surface area contributed by atoms with Crippen LogP contribution in [0.2, 0.25) is 0 Å². The van der Waals surface area contributed by atoms with Crippen LogP contribution in [0.3, 0.4) is 0 Å². The molecule has 0 aromatic heterocycles. The van der Waals surface area contributed by atoms with E-state index in [-0.39, 0.29) is 13.0 Å². The summed E-state index contributed by atoms with van der Waals surface area (Å²) >= 11 is 0. The second-order valence-corrected chi connectivity index (χ2v) is 18.0. The number of carbonyl (C=O) groups excluding carboxylic acids is 1. The number of ether oxygens (including phenoxy) is 2. The molecule has 0 saturated heterocycles. The Morgan fingerprint density at radius 1 is 0.542 bits per heavy atom. The van der Waals surface area contributed by atoms with Crippen molar-refractivity contribution in [2.75, 3.05) is 19.8 Å². The SMILES string of the molecule is CCCCCC/C=C\C/C=C\CCCCCCCCCCOCC(COP(=O)(O)OC1C(O)C(O)C(O)C(O)C1O)OC(=O)CCCCCCCCCCCCCCC. The Morgan fingerprint density at radius 2 is 0.949 bits per heavy atom. The molecule has 6 N–H and O–H groups in total. The molecule has 0 aliphatic heterocycles. The van der Waals surface area contributed by atoms with Gasteiger partial charge in [-0.1, -0.05) is 173 Å². The molecule has 1 aliphatic rings. The fraction of sp³-hybridized carbons (Fsp3) is 0.891. The highest BCUT2D eigenvalue weighted by molar-refractivity contribution is 7.47. The zero-order chi connectivity index (χ0) is 43.4. The predicted octanol–water partition coefficient (Wildman–Crippen LogP) is 9.70. The second-order valence-electron chi connectivity index (χ2n) is 16.6. The summed E-state index contributed by atoms with van der Waals surface area (Å²) in [6.45, 7) is 4.24. The molecule has 0 bridgehead atoms. The van der Waals surface area contributed by atoms with Gasteiger partial charge in [0.05, 0.1) is 13.2 Å². The van der Waals surface area contributed by atoms with Gasteiger partial charge >= 0.3 is 13.8 Å². The number of phosphoric ester groups is 1. The average Bonchev–Trinajstić information content (AvgIpc) is 3.22. The number of esters is 1. The summed E-state index contributed by atoms with van der Waals surface area (Å²) in [4.78, 5) is 23.1. The fourth-order valence-electron chi connectivity index (χ4n) is 7.27. The van der Waals surface area contributed by atoms with Crippen LogP contribution in [0.4, 0.5) is 0 Å². The lowest BCUT2D eigenvalue weighted by atomic mass is 9.85. The molecular weight excluding hydrogens is 775 g/mol. The summed E-state index contributed by atoms with van der Waals surface area (Å²) in [5.74, 6) is -0.478. The van der Waals surface area contributed by atoms with E-state index in [1.807, 2.05) is 0 Å². The number of allylic oxidation sites excluding steroid dienone is 4. The normalized spacial score (nSPS) is 22.6. The van der Waals surface area contributed by atoms with Gasteiger partial charge in [-0.3, -0.25) is 13.8 Å². The molecule has 12 nitrogen and oxygen atoms in total. The molecule has 0 amide bonds. The Balaban J connectivity index is 2.37. The number of carbonyl (C=O) groups is 1. The van der Waals surface area contributed by atoms with E-state index in [4.69, 9.17) is 18.5 Å². The van der Waals surface area contributed by atoms with Crippen molar-refractivity contribution in [1.82, 2.24) is 0 Å². The highest BCUT2D eigenvalue weighted by atomic mass is 31.2. The van der Waals surface area contributed by atoms with E-state index in [1.165, 1.54) is 116 Å². The largest absolute Gasteiger partial charge is 0.472 e. The van der Waals surface area contributed by atoms with Crippen LogP contribution in [0.1, 0.15) is 200 Å². The van der Waals surface area contributed by atoms with Gasteiger partial charge in [-0.05, 0) is 44.9 Å². The molecule has 0 aromatic rings. The number of phosphoric acid groups is 1. The van der Waals surface area contributed by atoms with Gasteiger partial charge in [0.25, 0.3) is 0 Å². The standard InChI is InChI=1S/C46H87O12P/c1-3-5-7-9-11-13-15-17-18-19-20-21-22-24-26-28-30-32-34-36-55-37-39(38-56-59(53,54)58-46-44(51)42(49)41(48)43(50)45(46)52)57-40(47)35-33-31-29-27-25-23-16-14-12-10-8-6-4-2/h13,15,18-19,39,41-46,48-52H,3-12,14,16-17,20-38H2,1-2H3,(H,53,54)/b15-13-,19-18-. The third-order valence-corrected chi connectivity index (χ3v) is 12.1. The summed E-state index contributed by atoms with van der Waals surface area (Å²) in [6.07, 6.45) is 29.6. The Morgan fingerprint density at radius 3 is 1.44 bits per heavy atom. The van der Waals surface area contributed by atoms with Crippen molar-refractivity contribution in [2.24, 2.45) is 0 Å². The molecule has 1 fully saturated rings. The summed E-state index contributed by atoms with van der Waals surface area (Å²) in [6, 6.07) is 0. The topological polar surface area (TPSA) is 192 Å². The van der Waals surface area contributed by atoms with Crippen LogP contribution in [0, 0.1) is 0 Å². The Bertz CT molecular complexity index is 1070. The molecule has 6 unspecified atom stereocenters. The molecule has 6 atom stereocenters. The Labute approximate surface area is 358 Å². The van der Waals surface area contributed by atoms with Crippen molar-refractivity contribution in [3.05, 3.63) is 24.3 Å². The first kappa shape index (κ1) is 55.8. The first-order valence-corrected chi connectivity index (χ1v) is 25.2. The van der Waals surface area contributed by atoms with Gasteiger partial charge in [0.2, 0.25) is 0 Å². The molecule has 59 heavy (non-hydrogen) atoms. The minimum absolute atomic E-state index is 0.0770.